The number of benzene rings is 1. The maximum atomic E-state index is 13.1. The summed E-state index contributed by atoms with van der Waals surface area (Å²) in [6.45, 7) is 2.14. The van der Waals surface area contributed by atoms with Crippen molar-refractivity contribution in [1.29, 1.82) is 0 Å². The van der Waals surface area contributed by atoms with Crippen LogP contribution in [-0.4, -0.2) is 41.5 Å². The average molecular weight is 415 g/mol. The van der Waals surface area contributed by atoms with Crippen molar-refractivity contribution in [2.45, 2.75) is 44.8 Å². The second kappa shape index (κ2) is 7.74. The van der Waals surface area contributed by atoms with Gasteiger partial charge in [-0.25, -0.2) is 4.98 Å². The van der Waals surface area contributed by atoms with Crippen molar-refractivity contribution in [1.82, 2.24) is 24.5 Å². The third-order valence-electron chi connectivity index (χ3n) is 5.66. The molecule has 1 aliphatic carbocycles. The van der Waals surface area contributed by atoms with Crippen LogP contribution in [0.5, 0.6) is 0 Å². The average Bonchev–Trinajstić information content (AvgIpc) is 3.37. The van der Waals surface area contributed by atoms with E-state index in [9.17, 15) is 9.90 Å². The van der Waals surface area contributed by atoms with E-state index in [2.05, 4.69) is 27.3 Å². The standard InChI is InChI=1S/C24H25N5O2/c1-15(30)12-29-14-19(11-25-29)21-4-3-5-22(26-21)24(31)9-17-8-18-13-28(2)27-23(18)10-20(17)16-6-7-16/h3-5,8,10-11,13-16,30H,6-7,9,12H2,1-2H3/t15-/m0/s1. The van der Waals surface area contributed by atoms with E-state index in [-0.39, 0.29) is 5.78 Å². The fourth-order valence-corrected chi connectivity index (χ4v) is 4.07. The molecule has 4 aromatic rings. The summed E-state index contributed by atoms with van der Waals surface area (Å²) in [5.41, 5.74) is 5.28. The number of aliphatic hydroxyl groups excluding tert-OH is 1. The van der Waals surface area contributed by atoms with Gasteiger partial charge in [-0.2, -0.15) is 10.2 Å². The van der Waals surface area contributed by atoms with Gasteiger partial charge in [-0.1, -0.05) is 6.07 Å². The zero-order chi connectivity index (χ0) is 21.5. The second-order valence-electron chi connectivity index (χ2n) is 8.49. The Morgan fingerprint density at radius 2 is 2.10 bits per heavy atom. The van der Waals surface area contributed by atoms with E-state index < -0.39 is 6.10 Å². The van der Waals surface area contributed by atoms with Crippen LogP contribution < -0.4 is 0 Å². The number of rotatable bonds is 7. The Balaban J connectivity index is 1.42. The monoisotopic (exact) mass is 415 g/mol. The van der Waals surface area contributed by atoms with Crippen molar-refractivity contribution in [2.24, 2.45) is 7.05 Å². The highest BCUT2D eigenvalue weighted by Gasteiger charge is 2.27. The van der Waals surface area contributed by atoms with Crippen LogP contribution in [0.25, 0.3) is 22.2 Å². The van der Waals surface area contributed by atoms with Gasteiger partial charge in [0.1, 0.15) is 5.69 Å². The molecule has 1 atom stereocenters. The first-order valence-corrected chi connectivity index (χ1v) is 10.6. The number of nitrogens with zero attached hydrogens (tertiary/aromatic N) is 5. The van der Waals surface area contributed by atoms with Crippen molar-refractivity contribution < 1.29 is 9.90 Å². The van der Waals surface area contributed by atoms with Gasteiger partial charge in [0.15, 0.2) is 5.78 Å². The van der Waals surface area contributed by atoms with E-state index in [1.165, 1.54) is 18.4 Å². The minimum absolute atomic E-state index is 0.00311. The number of carbonyl (C=O) groups excluding carboxylic acids is 1. The molecular formula is C24H25N5O2. The molecule has 7 heteroatoms. The van der Waals surface area contributed by atoms with Gasteiger partial charge in [0.2, 0.25) is 0 Å². The molecule has 1 fully saturated rings. The molecule has 1 aromatic carbocycles. The Bertz CT molecular complexity index is 1270. The molecule has 7 nitrogen and oxygen atoms in total. The Hall–Kier alpha value is -3.32. The normalized spacial score (nSPS) is 14.8. The third kappa shape index (κ3) is 4.14. The first-order valence-electron chi connectivity index (χ1n) is 10.6. The SMILES string of the molecule is C[C@H](O)Cn1cc(-c2cccc(C(=O)Cc3cc4cn(C)nc4cc3C3CC3)n2)cn1. The lowest BCUT2D eigenvalue weighted by Gasteiger charge is -2.09. The smallest absolute Gasteiger partial charge is 0.185 e. The zero-order valence-corrected chi connectivity index (χ0v) is 17.7. The van der Waals surface area contributed by atoms with Gasteiger partial charge in [-0.15, -0.1) is 0 Å². The quantitative estimate of drug-likeness (QED) is 0.467. The summed E-state index contributed by atoms with van der Waals surface area (Å²) in [6.07, 6.45) is 7.73. The van der Waals surface area contributed by atoms with E-state index in [1.807, 2.05) is 36.3 Å². The molecule has 31 heavy (non-hydrogen) atoms. The van der Waals surface area contributed by atoms with Crippen LogP contribution in [0, 0.1) is 0 Å². The number of hydrogen-bond acceptors (Lipinski definition) is 5. The van der Waals surface area contributed by atoms with Crippen molar-refractivity contribution in [3.05, 3.63) is 65.7 Å². The lowest BCUT2D eigenvalue weighted by Crippen LogP contribution is -2.11. The van der Waals surface area contributed by atoms with Gasteiger partial charge in [0.05, 0.1) is 30.1 Å². The molecule has 1 aliphatic rings. The van der Waals surface area contributed by atoms with Crippen molar-refractivity contribution >= 4 is 16.7 Å². The molecule has 3 aromatic heterocycles. The lowest BCUT2D eigenvalue weighted by atomic mass is 9.96. The van der Waals surface area contributed by atoms with Crippen LogP contribution in [0.15, 0.2) is 48.9 Å². The van der Waals surface area contributed by atoms with Gasteiger partial charge in [0, 0.05) is 36.8 Å². The molecule has 3 heterocycles. The molecule has 1 N–H and O–H groups in total. The van der Waals surface area contributed by atoms with Crippen LogP contribution in [0.3, 0.4) is 0 Å². The first-order chi connectivity index (χ1) is 15.0. The fraction of sp³-hybridized carbons (Fsp3) is 0.333. The molecular weight excluding hydrogens is 390 g/mol. The minimum Gasteiger partial charge on any atom is -0.391 e. The summed E-state index contributed by atoms with van der Waals surface area (Å²) >= 11 is 0. The van der Waals surface area contributed by atoms with E-state index >= 15 is 0 Å². The van der Waals surface area contributed by atoms with Crippen LogP contribution in [-0.2, 0) is 20.0 Å². The topological polar surface area (TPSA) is 85.8 Å². The molecule has 0 aliphatic heterocycles. The lowest BCUT2D eigenvalue weighted by molar-refractivity contribution is 0.0988. The zero-order valence-electron chi connectivity index (χ0n) is 17.7. The largest absolute Gasteiger partial charge is 0.391 e. The van der Waals surface area contributed by atoms with Gasteiger partial charge < -0.3 is 5.11 Å². The number of Topliss-reactive ketones (excluding diaryl/α,β-unsaturated/α-hetero) is 1. The highest BCUT2D eigenvalue weighted by atomic mass is 16.3. The summed E-state index contributed by atoms with van der Waals surface area (Å²) < 4.78 is 3.50. The van der Waals surface area contributed by atoms with Crippen molar-refractivity contribution in [2.75, 3.05) is 0 Å². The molecule has 0 radical (unpaired) electrons. The molecule has 1 saturated carbocycles. The number of pyridine rings is 1. The highest BCUT2D eigenvalue weighted by molar-refractivity contribution is 5.97. The van der Waals surface area contributed by atoms with Crippen molar-refractivity contribution in [3.63, 3.8) is 0 Å². The summed E-state index contributed by atoms with van der Waals surface area (Å²) in [4.78, 5) is 17.8. The number of aliphatic hydroxyl groups is 1. The van der Waals surface area contributed by atoms with E-state index in [1.54, 1.807) is 23.9 Å². The summed E-state index contributed by atoms with van der Waals surface area (Å²) in [7, 11) is 1.92. The number of aromatic nitrogens is 5. The van der Waals surface area contributed by atoms with E-state index in [0.717, 1.165) is 22.0 Å². The maximum Gasteiger partial charge on any atom is 0.185 e. The molecule has 0 bridgehead atoms. The van der Waals surface area contributed by atoms with Crippen LogP contribution in [0.2, 0.25) is 0 Å². The molecule has 0 spiro atoms. The van der Waals surface area contributed by atoms with Crippen LogP contribution in [0.1, 0.15) is 47.3 Å². The first kappa shape index (κ1) is 19.6. The predicted molar refractivity (Wildman–Crippen MR) is 118 cm³/mol. The number of fused-ring (bicyclic) bond motifs is 1. The number of carbonyl (C=O) groups is 1. The predicted octanol–water partition coefficient (Wildman–Crippen LogP) is 3.52. The Morgan fingerprint density at radius 1 is 1.26 bits per heavy atom. The Kier molecular flexibility index (Phi) is 4.90. The second-order valence-corrected chi connectivity index (χ2v) is 8.49. The maximum absolute atomic E-state index is 13.1. The van der Waals surface area contributed by atoms with Crippen molar-refractivity contribution in [3.8, 4) is 11.3 Å². The Morgan fingerprint density at radius 3 is 2.87 bits per heavy atom. The van der Waals surface area contributed by atoms with E-state index in [0.29, 0.717) is 30.3 Å². The van der Waals surface area contributed by atoms with E-state index in [4.69, 9.17) is 0 Å². The summed E-state index contributed by atoms with van der Waals surface area (Å²) in [5, 5.41) is 19.4. The van der Waals surface area contributed by atoms with Gasteiger partial charge in [0.25, 0.3) is 0 Å². The molecule has 0 saturated heterocycles. The van der Waals surface area contributed by atoms with Crippen LogP contribution >= 0.6 is 0 Å². The number of aryl methyl sites for hydroxylation is 1. The Labute approximate surface area is 180 Å². The molecule has 0 unspecified atom stereocenters. The summed E-state index contributed by atoms with van der Waals surface area (Å²) in [6, 6.07) is 9.75. The third-order valence-corrected chi connectivity index (χ3v) is 5.66. The van der Waals surface area contributed by atoms with Crippen LogP contribution in [0.4, 0.5) is 0 Å². The highest BCUT2D eigenvalue weighted by Crippen LogP contribution is 2.43. The molecule has 5 rings (SSSR count). The fourth-order valence-electron chi connectivity index (χ4n) is 4.07. The van der Waals surface area contributed by atoms with Gasteiger partial charge >= 0.3 is 0 Å². The summed E-state index contributed by atoms with van der Waals surface area (Å²) in [5.74, 6) is 0.539. The number of ketones is 1. The van der Waals surface area contributed by atoms with Gasteiger partial charge in [-0.05, 0) is 61.1 Å². The molecule has 0 amide bonds. The van der Waals surface area contributed by atoms with Gasteiger partial charge in [-0.3, -0.25) is 14.2 Å². The molecule has 158 valence electrons. The minimum atomic E-state index is -0.480. The number of hydrogen-bond donors (Lipinski definition) is 1.